The van der Waals surface area contributed by atoms with Crippen molar-refractivity contribution in [1.29, 1.82) is 0 Å². The van der Waals surface area contributed by atoms with Crippen molar-refractivity contribution in [3.8, 4) is 5.75 Å². The number of carbonyl (C=O) groups is 2. The van der Waals surface area contributed by atoms with Crippen LogP contribution in [0.4, 0.5) is 4.39 Å². The van der Waals surface area contributed by atoms with E-state index < -0.39 is 38.2 Å². The highest BCUT2D eigenvalue weighted by molar-refractivity contribution is 7.90. The number of ether oxygens (including phenoxy) is 1. The molecular formula is C21H16ClFN2O5S. The molecule has 3 aromatic rings. The summed E-state index contributed by atoms with van der Waals surface area (Å²) in [6.45, 7) is 3.09. The van der Waals surface area contributed by atoms with Gasteiger partial charge in [-0.1, -0.05) is 29.8 Å². The van der Waals surface area contributed by atoms with Gasteiger partial charge in [0.1, 0.15) is 11.6 Å². The molecule has 0 spiro atoms. The van der Waals surface area contributed by atoms with Crippen LogP contribution in [0.3, 0.4) is 0 Å². The number of carbonyl (C=O) groups excluding carboxylic acids is 2. The fraction of sp³-hybridized carbons (Fsp3) is 0.143. The molecule has 2 aromatic carbocycles. The lowest BCUT2D eigenvalue weighted by molar-refractivity contribution is 0.0727. The molecule has 0 fully saturated rings. The number of nitrogens with zero attached hydrogens (tertiary/aromatic N) is 2. The SMILES string of the molecule is CC(=O)c1ccc(OC(=O)c2nc(S(=O)(=O)Cc3ccccc3F)ncc2Cl)cc1C. The third-order valence-electron chi connectivity index (χ3n) is 4.28. The van der Waals surface area contributed by atoms with Crippen molar-refractivity contribution in [3.63, 3.8) is 0 Å². The summed E-state index contributed by atoms with van der Waals surface area (Å²) in [6.07, 6.45) is 0.962. The Morgan fingerprint density at radius 3 is 2.52 bits per heavy atom. The van der Waals surface area contributed by atoms with Crippen LogP contribution in [0.25, 0.3) is 0 Å². The third kappa shape index (κ3) is 5.12. The van der Waals surface area contributed by atoms with Gasteiger partial charge in [-0.05, 0) is 43.7 Å². The number of hydrogen-bond donors (Lipinski definition) is 0. The van der Waals surface area contributed by atoms with Crippen molar-refractivity contribution >= 4 is 33.2 Å². The zero-order valence-electron chi connectivity index (χ0n) is 16.4. The smallest absolute Gasteiger partial charge is 0.364 e. The van der Waals surface area contributed by atoms with Crippen LogP contribution in [0.1, 0.15) is 38.9 Å². The van der Waals surface area contributed by atoms with Gasteiger partial charge in [0, 0.05) is 11.1 Å². The van der Waals surface area contributed by atoms with Crippen LogP contribution in [0.2, 0.25) is 5.02 Å². The summed E-state index contributed by atoms with van der Waals surface area (Å²) in [5.41, 5.74) is 0.546. The number of esters is 1. The van der Waals surface area contributed by atoms with Gasteiger partial charge in [0.05, 0.1) is 17.0 Å². The summed E-state index contributed by atoms with van der Waals surface area (Å²) in [5, 5.41) is -0.901. The molecule has 7 nitrogen and oxygen atoms in total. The Balaban J connectivity index is 1.88. The van der Waals surface area contributed by atoms with Crippen LogP contribution in [-0.4, -0.2) is 30.1 Å². The molecule has 0 aliphatic heterocycles. The number of ketones is 1. The topological polar surface area (TPSA) is 103 Å². The number of sulfone groups is 1. The number of benzene rings is 2. The lowest BCUT2D eigenvalue weighted by atomic mass is 10.1. The summed E-state index contributed by atoms with van der Waals surface area (Å²) in [4.78, 5) is 31.5. The maximum Gasteiger partial charge on any atom is 0.364 e. The fourth-order valence-corrected chi connectivity index (χ4v) is 4.16. The quantitative estimate of drug-likeness (QED) is 0.236. The molecule has 1 aromatic heterocycles. The van der Waals surface area contributed by atoms with E-state index in [1.807, 2.05) is 0 Å². The minimum absolute atomic E-state index is 0.0637. The van der Waals surface area contributed by atoms with Crippen molar-refractivity contribution < 1.29 is 27.1 Å². The molecule has 0 atom stereocenters. The molecule has 160 valence electrons. The zero-order valence-corrected chi connectivity index (χ0v) is 18.0. The minimum Gasteiger partial charge on any atom is -0.422 e. The number of aryl methyl sites for hydroxylation is 1. The normalized spacial score (nSPS) is 11.2. The summed E-state index contributed by atoms with van der Waals surface area (Å²) >= 11 is 5.97. The van der Waals surface area contributed by atoms with Crippen LogP contribution in [0.15, 0.2) is 53.8 Å². The average Bonchev–Trinajstić information content (AvgIpc) is 2.69. The van der Waals surface area contributed by atoms with Gasteiger partial charge in [-0.3, -0.25) is 4.79 Å². The monoisotopic (exact) mass is 462 g/mol. The van der Waals surface area contributed by atoms with E-state index in [0.29, 0.717) is 11.1 Å². The summed E-state index contributed by atoms with van der Waals surface area (Å²) in [7, 11) is -4.17. The van der Waals surface area contributed by atoms with E-state index >= 15 is 0 Å². The van der Waals surface area contributed by atoms with Crippen molar-refractivity contribution in [3.05, 3.63) is 81.9 Å². The first-order valence-electron chi connectivity index (χ1n) is 8.91. The molecule has 0 N–H and O–H groups in total. The predicted octanol–water partition coefficient (Wildman–Crippen LogP) is 3.97. The lowest BCUT2D eigenvalue weighted by Crippen LogP contribution is -2.17. The standard InChI is InChI=1S/C21H16ClFN2O5S/c1-12-9-15(7-8-16(12)13(2)26)30-20(27)19-17(22)10-24-21(25-19)31(28,29)11-14-5-3-4-6-18(14)23/h3-10H,11H2,1-2H3. The Labute approximate surface area is 182 Å². The number of Topliss-reactive ketones (excluding diaryl/α,β-unsaturated/α-hetero) is 1. The molecule has 0 unspecified atom stereocenters. The van der Waals surface area contributed by atoms with Gasteiger partial charge in [0.15, 0.2) is 11.5 Å². The van der Waals surface area contributed by atoms with Gasteiger partial charge in [-0.2, -0.15) is 0 Å². The van der Waals surface area contributed by atoms with E-state index in [4.69, 9.17) is 16.3 Å². The van der Waals surface area contributed by atoms with Crippen LogP contribution < -0.4 is 4.74 Å². The molecule has 0 aliphatic carbocycles. The number of halogens is 2. The Morgan fingerprint density at radius 2 is 1.87 bits per heavy atom. The van der Waals surface area contributed by atoms with E-state index in [1.165, 1.54) is 43.3 Å². The van der Waals surface area contributed by atoms with E-state index in [2.05, 4.69) is 9.97 Å². The number of hydrogen-bond acceptors (Lipinski definition) is 7. The molecule has 0 amide bonds. The maximum atomic E-state index is 13.8. The second-order valence-corrected chi connectivity index (χ2v) is 8.91. The van der Waals surface area contributed by atoms with Crippen LogP contribution in [-0.2, 0) is 15.6 Å². The summed E-state index contributed by atoms with van der Waals surface area (Å²) < 4.78 is 44.3. The molecular weight excluding hydrogens is 447 g/mol. The molecule has 0 radical (unpaired) electrons. The molecule has 31 heavy (non-hydrogen) atoms. The Kier molecular flexibility index (Phi) is 6.47. The maximum absolute atomic E-state index is 13.8. The van der Waals surface area contributed by atoms with Gasteiger partial charge in [0.25, 0.3) is 0 Å². The second-order valence-electron chi connectivity index (χ2n) is 6.62. The highest BCUT2D eigenvalue weighted by atomic mass is 35.5. The molecule has 3 rings (SSSR count). The van der Waals surface area contributed by atoms with Crippen LogP contribution in [0, 0.1) is 12.7 Å². The highest BCUT2D eigenvalue weighted by Crippen LogP contribution is 2.22. The Bertz CT molecular complexity index is 1290. The van der Waals surface area contributed by atoms with E-state index in [-0.39, 0.29) is 22.1 Å². The van der Waals surface area contributed by atoms with Crippen molar-refractivity contribution in [2.75, 3.05) is 0 Å². The average molecular weight is 463 g/mol. The molecule has 1 heterocycles. The first-order chi connectivity index (χ1) is 14.6. The van der Waals surface area contributed by atoms with Gasteiger partial charge < -0.3 is 4.74 Å². The number of aromatic nitrogens is 2. The molecule has 0 aliphatic rings. The molecule has 0 saturated carbocycles. The third-order valence-corrected chi connectivity index (χ3v) is 6.01. The van der Waals surface area contributed by atoms with Gasteiger partial charge in [-0.25, -0.2) is 27.6 Å². The summed E-state index contributed by atoms with van der Waals surface area (Å²) in [6, 6.07) is 9.81. The first kappa shape index (κ1) is 22.5. The predicted molar refractivity (Wildman–Crippen MR) is 110 cm³/mol. The van der Waals surface area contributed by atoms with Crippen LogP contribution >= 0.6 is 11.6 Å². The zero-order chi connectivity index (χ0) is 22.8. The van der Waals surface area contributed by atoms with E-state index in [9.17, 15) is 22.4 Å². The number of rotatable bonds is 6. The molecule has 0 saturated heterocycles. The van der Waals surface area contributed by atoms with Crippen LogP contribution in [0.5, 0.6) is 5.75 Å². The van der Waals surface area contributed by atoms with E-state index in [0.717, 1.165) is 12.3 Å². The minimum atomic E-state index is -4.17. The highest BCUT2D eigenvalue weighted by Gasteiger charge is 2.25. The Morgan fingerprint density at radius 1 is 1.16 bits per heavy atom. The summed E-state index contributed by atoms with van der Waals surface area (Å²) in [5.74, 6) is -2.41. The van der Waals surface area contributed by atoms with Gasteiger partial charge in [0.2, 0.25) is 15.0 Å². The first-order valence-corrected chi connectivity index (χ1v) is 10.9. The largest absolute Gasteiger partial charge is 0.422 e. The van der Waals surface area contributed by atoms with Crippen molar-refractivity contribution in [2.45, 2.75) is 24.8 Å². The second kappa shape index (κ2) is 8.91. The van der Waals surface area contributed by atoms with Gasteiger partial charge in [-0.15, -0.1) is 0 Å². The lowest BCUT2D eigenvalue weighted by Gasteiger charge is -2.09. The van der Waals surface area contributed by atoms with E-state index in [1.54, 1.807) is 6.92 Å². The molecule has 0 bridgehead atoms. The molecule has 10 heteroatoms. The van der Waals surface area contributed by atoms with Gasteiger partial charge >= 0.3 is 5.97 Å². The Hall–Kier alpha value is -3.17. The fourth-order valence-electron chi connectivity index (χ4n) is 2.78. The van der Waals surface area contributed by atoms with Crippen molar-refractivity contribution in [2.24, 2.45) is 0 Å². The van der Waals surface area contributed by atoms with Crippen molar-refractivity contribution in [1.82, 2.24) is 9.97 Å².